The van der Waals surface area contributed by atoms with Gasteiger partial charge in [-0.3, -0.25) is 4.79 Å². The van der Waals surface area contributed by atoms with Crippen molar-refractivity contribution in [1.29, 1.82) is 0 Å². The number of ketones is 1. The van der Waals surface area contributed by atoms with Crippen molar-refractivity contribution in [2.75, 3.05) is 0 Å². The first kappa shape index (κ1) is 18.0. The van der Waals surface area contributed by atoms with Crippen molar-refractivity contribution in [2.24, 2.45) is 0 Å². The molecule has 21 heavy (non-hydrogen) atoms. The minimum absolute atomic E-state index is 0.0581. The quantitative estimate of drug-likeness (QED) is 0.392. The fourth-order valence-corrected chi connectivity index (χ4v) is 3.64. The van der Waals surface area contributed by atoms with Gasteiger partial charge in [0.15, 0.2) is 8.32 Å². The Labute approximate surface area is 131 Å². The summed E-state index contributed by atoms with van der Waals surface area (Å²) >= 11 is 0. The predicted octanol–water partition coefficient (Wildman–Crippen LogP) is 5.00. The normalized spacial score (nSPS) is 18.8. The first-order chi connectivity index (χ1) is 9.49. The Kier molecular flexibility index (Phi) is 5.45. The van der Waals surface area contributed by atoms with Gasteiger partial charge in [-0.1, -0.05) is 26.8 Å². The highest BCUT2D eigenvalue weighted by molar-refractivity contribution is 6.74. The Morgan fingerprint density at radius 1 is 1.29 bits per heavy atom. The van der Waals surface area contributed by atoms with E-state index in [0.717, 1.165) is 12.8 Å². The smallest absolute Gasteiger partial charge is 0.284 e. The third kappa shape index (κ3) is 5.01. The summed E-state index contributed by atoms with van der Waals surface area (Å²) < 4.78 is 6.54. The minimum atomic E-state index is -1.83. The highest BCUT2D eigenvalue weighted by Crippen LogP contribution is 2.40. The second-order valence-corrected chi connectivity index (χ2v) is 12.2. The van der Waals surface area contributed by atoms with E-state index in [1.165, 1.54) is 5.57 Å². The van der Waals surface area contributed by atoms with Gasteiger partial charge in [-0.2, -0.15) is 0 Å². The molecule has 0 heterocycles. The van der Waals surface area contributed by atoms with Gasteiger partial charge in [0.2, 0.25) is 0 Å². The van der Waals surface area contributed by atoms with E-state index in [9.17, 15) is 4.79 Å². The summed E-state index contributed by atoms with van der Waals surface area (Å²) in [5, 5.41) is 0.182. The molecule has 0 radical (unpaired) electrons. The summed E-state index contributed by atoms with van der Waals surface area (Å²) in [7, 11) is -1.83. The van der Waals surface area contributed by atoms with Gasteiger partial charge in [-0.05, 0) is 31.5 Å². The van der Waals surface area contributed by atoms with Crippen LogP contribution in [0.4, 0.5) is 0 Å². The molecule has 0 bridgehead atoms. The molecule has 0 aromatic heterocycles. The van der Waals surface area contributed by atoms with Crippen LogP contribution in [0.3, 0.4) is 0 Å². The average Bonchev–Trinajstić information content (AvgIpc) is 2.36. The number of hydrogen-bond acceptors (Lipinski definition) is 2. The van der Waals surface area contributed by atoms with Crippen LogP contribution in [0.25, 0.3) is 0 Å². The topological polar surface area (TPSA) is 26.3 Å². The van der Waals surface area contributed by atoms with Gasteiger partial charge in [0.1, 0.15) is 0 Å². The van der Waals surface area contributed by atoms with E-state index in [-0.39, 0.29) is 16.4 Å². The van der Waals surface area contributed by atoms with Crippen molar-refractivity contribution in [3.63, 3.8) is 0 Å². The van der Waals surface area contributed by atoms with Gasteiger partial charge in [-0.15, -0.1) is 6.58 Å². The van der Waals surface area contributed by atoms with Gasteiger partial charge in [0, 0.05) is 6.42 Å². The Hall–Kier alpha value is -1.06. The van der Waals surface area contributed by atoms with Crippen LogP contribution in [0.2, 0.25) is 18.1 Å². The lowest BCUT2D eigenvalue weighted by Crippen LogP contribution is -2.47. The molecule has 1 atom stereocenters. The number of hydrogen-bond donors (Lipinski definition) is 0. The number of allylic oxidation sites excluding steroid dienone is 4. The lowest BCUT2D eigenvalue weighted by Gasteiger charge is -2.43. The molecule has 116 valence electrons. The van der Waals surface area contributed by atoms with Gasteiger partial charge >= 0.3 is 0 Å². The van der Waals surface area contributed by atoms with Crippen LogP contribution in [-0.2, 0) is 9.22 Å². The molecule has 0 spiro atoms. The van der Waals surface area contributed by atoms with E-state index >= 15 is 0 Å². The molecule has 3 heteroatoms. The van der Waals surface area contributed by atoms with Crippen molar-refractivity contribution in [3.8, 4) is 0 Å². The van der Waals surface area contributed by atoms with E-state index < -0.39 is 8.32 Å². The zero-order chi connectivity index (χ0) is 16.3. The van der Waals surface area contributed by atoms with Crippen LogP contribution in [0.5, 0.6) is 0 Å². The lowest BCUT2D eigenvalue weighted by molar-refractivity contribution is -0.111. The maximum absolute atomic E-state index is 11.1. The molecule has 0 amide bonds. The minimum Gasteiger partial charge on any atom is -0.408 e. The van der Waals surface area contributed by atoms with E-state index in [4.69, 9.17) is 4.43 Å². The molecule has 0 N–H and O–H groups in total. The number of carbonyl (C=O) groups excluding carboxylic acids is 1. The fraction of sp³-hybridized carbons (Fsp3) is 0.556. The summed E-state index contributed by atoms with van der Waals surface area (Å²) in [6.45, 7) is 17.4. The van der Waals surface area contributed by atoms with E-state index in [1.807, 2.05) is 18.2 Å². The molecule has 0 saturated carbocycles. The van der Waals surface area contributed by atoms with Crippen molar-refractivity contribution in [1.82, 2.24) is 0 Å². The zero-order valence-electron chi connectivity index (χ0n) is 14.3. The standard InChI is InChI=1S/C18H29O2Si/c1-8-18(5,20-21(6,7)17(2,3)4)14-13-15-9-11-16(19)12-10-15/h8-12H,1,13-14H2,2-7H3/q+1. The first-order valence-electron chi connectivity index (χ1n) is 7.59. The van der Waals surface area contributed by atoms with Crippen molar-refractivity contribution >= 4 is 14.1 Å². The second kappa shape index (κ2) is 6.37. The van der Waals surface area contributed by atoms with Crippen LogP contribution in [0.15, 0.2) is 36.5 Å². The van der Waals surface area contributed by atoms with Gasteiger partial charge in [-0.25, -0.2) is 0 Å². The molecule has 0 saturated heterocycles. The lowest BCUT2D eigenvalue weighted by atomic mass is 9.94. The van der Waals surface area contributed by atoms with Gasteiger partial charge < -0.3 is 4.43 Å². The molecule has 0 fully saturated rings. The molecule has 2 nitrogen and oxygen atoms in total. The first-order valence-corrected chi connectivity index (χ1v) is 10.5. The summed E-state index contributed by atoms with van der Waals surface area (Å²) in [6, 6.07) is 0. The molecule has 1 aliphatic rings. The van der Waals surface area contributed by atoms with E-state index in [2.05, 4.69) is 47.4 Å². The van der Waals surface area contributed by atoms with Crippen LogP contribution >= 0.6 is 0 Å². The van der Waals surface area contributed by atoms with Crippen LogP contribution in [-0.4, -0.2) is 19.7 Å². The van der Waals surface area contributed by atoms with Crippen molar-refractivity contribution in [2.45, 2.75) is 64.3 Å². The maximum atomic E-state index is 11.1. The SMILES string of the molecule is C=CC(C)(CCC1=C[CH+]C(=O)C=C1)O[Si](C)(C)C(C)(C)C. The molecule has 1 aliphatic carbocycles. The van der Waals surface area contributed by atoms with Crippen LogP contribution in [0.1, 0.15) is 40.5 Å². The van der Waals surface area contributed by atoms with E-state index in [1.54, 1.807) is 12.5 Å². The Balaban J connectivity index is 2.71. The summed E-state index contributed by atoms with van der Waals surface area (Å²) in [5.41, 5.74) is 0.848. The van der Waals surface area contributed by atoms with Crippen LogP contribution < -0.4 is 0 Å². The highest BCUT2D eigenvalue weighted by Gasteiger charge is 2.42. The Bertz CT molecular complexity index is 466. The predicted molar refractivity (Wildman–Crippen MR) is 92.6 cm³/mol. The summed E-state index contributed by atoms with van der Waals surface area (Å²) in [5.74, 6) is 0.0581. The number of carbonyl (C=O) groups is 1. The molecule has 1 rings (SSSR count). The summed E-state index contributed by atoms with van der Waals surface area (Å²) in [4.78, 5) is 11.1. The van der Waals surface area contributed by atoms with Crippen LogP contribution in [0, 0.1) is 6.42 Å². The molecule has 1 unspecified atom stereocenters. The molecule has 0 aromatic carbocycles. The molecule has 0 aliphatic heterocycles. The van der Waals surface area contributed by atoms with Gasteiger partial charge in [0.05, 0.1) is 35.8 Å². The molecule has 0 aromatic rings. The van der Waals surface area contributed by atoms with Crippen molar-refractivity contribution in [3.05, 3.63) is 42.9 Å². The third-order valence-corrected chi connectivity index (χ3v) is 9.15. The van der Waals surface area contributed by atoms with Gasteiger partial charge in [0.25, 0.3) is 5.78 Å². The van der Waals surface area contributed by atoms with E-state index in [0.29, 0.717) is 0 Å². The molecular weight excluding hydrogens is 276 g/mol. The third-order valence-electron chi connectivity index (χ3n) is 4.56. The molecular formula is C18H29O2Si+. The maximum Gasteiger partial charge on any atom is 0.284 e. The number of rotatable bonds is 6. The second-order valence-electron chi connectivity index (χ2n) is 7.52. The Morgan fingerprint density at radius 3 is 2.33 bits per heavy atom. The average molecular weight is 306 g/mol. The zero-order valence-corrected chi connectivity index (χ0v) is 15.3. The monoisotopic (exact) mass is 305 g/mol. The van der Waals surface area contributed by atoms with Crippen molar-refractivity contribution < 1.29 is 9.22 Å². The Morgan fingerprint density at radius 2 is 1.90 bits per heavy atom. The fourth-order valence-electron chi connectivity index (χ4n) is 1.98. The summed E-state index contributed by atoms with van der Waals surface area (Å²) in [6.07, 6.45) is 10.7. The largest absolute Gasteiger partial charge is 0.408 e. The highest BCUT2D eigenvalue weighted by atomic mass is 28.4.